The molecule has 1 aromatic rings. The number of benzene rings is 1. The molecule has 0 amide bonds. The normalized spacial score (nSPS) is 18.1. The molecule has 132 valence electrons. The van der Waals surface area contributed by atoms with Crippen LogP contribution in [0.25, 0.3) is 0 Å². The van der Waals surface area contributed by atoms with Crippen molar-refractivity contribution in [1.82, 2.24) is 10.2 Å². The second-order valence-electron chi connectivity index (χ2n) is 5.92. The molecule has 1 atom stereocenters. The molecule has 7 heteroatoms. The second kappa shape index (κ2) is 10.1. The first-order valence-corrected chi connectivity index (χ1v) is 8.85. The van der Waals surface area contributed by atoms with Gasteiger partial charge < -0.3 is 10.2 Å². The minimum absolute atomic E-state index is 0. The first kappa shape index (κ1) is 21.0. The lowest BCUT2D eigenvalue weighted by Gasteiger charge is -2.36. The van der Waals surface area contributed by atoms with Crippen LogP contribution in [-0.4, -0.2) is 42.0 Å². The van der Waals surface area contributed by atoms with E-state index >= 15 is 0 Å². The molecule has 2 rings (SSSR count). The van der Waals surface area contributed by atoms with Crippen molar-refractivity contribution in [3.63, 3.8) is 0 Å². The number of rotatable bonds is 3. The molecule has 1 unspecified atom stereocenters. The smallest absolute Gasteiger partial charge is 0.193 e. The van der Waals surface area contributed by atoms with E-state index in [2.05, 4.69) is 29.1 Å². The van der Waals surface area contributed by atoms with Crippen LogP contribution in [0.15, 0.2) is 23.2 Å². The van der Waals surface area contributed by atoms with Gasteiger partial charge >= 0.3 is 0 Å². The van der Waals surface area contributed by atoms with Gasteiger partial charge in [0.2, 0.25) is 0 Å². The Bertz CT molecular complexity index is 615. The third-order valence-electron chi connectivity index (χ3n) is 3.96. The minimum Gasteiger partial charge on any atom is -0.352 e. The van der Waals surface area contributed by atoms with E-state index in [1.165, 1.54) is 12.1 Å². The molecule has 4 nitrogen and oxygen atoms in total. The molecule has 24 heavy (non-hydrogen) atoms. The maximum absolute atomic E-state index is 13.9. The molecule has 1 N–H and O–H groups in total. The van der Waals surface area contributed by atoms with Crippen LogP contribution in [0.1, 0.15) is 25.0 Å². The highest BCUT2D eigenvalue weighted by molar-refractivity contribution is 14.0. The van der Waals surface area contributed by atoms with Crippen molar-refractivity contribution in [2.45, 2.75) is 25.6 Å². The molecular weight excluding hydrogens is 438 g/mol. The molecule has 0 aromatic heterocycles. The van der Waals surface area contributed by atoms with Crippen LogP contribution in [0.3, 0.4) is 0 Å². The van der Waals surface area contributed by atoms with Gasteiger partial charge in [0.15, 0.2) is 5.96 Å². The zero-order chi connectivity index (χ0) is 16.8. The summed E-state index contributed by atoms with van der Waals surface area (Å²) in [5.41, 5.74) is 0.949. The molecule has 0 aliphatic carbocycles. The van der Waals surface area contributed by atoms with Gasteiger partial charge in [-0.05, 0) is 24.1 Å². The molecule has 1 fully saturated rings. The van der Waals surface area contributed by atoms with Crippen LogP contribution in [-0.2, 0) is 6.54 Å². The molecule has 0 bridgehead atoms. The van der Waals surface area contributed by atoms with Gasteiger partial charge in [-0.3, -0.25) is 4.99 Å². The standard InChI is InChI=1S/C17H23FN4S.HI/c1-12(2)16-11-22(6-7-23-16)17(20-3)21-10-14-8-13(9-19)4-5-15(14)18;/h4-5,8,12,16H,6-7,10-11H2,1-3H3,(H,20,21);1H. The summed E-state index contributed by atoms with van der Waals surface area (Å²) in [5, 5.41) is 12.7. The van der Waals surface area contributed by atoms with Gasteiger partial charge in [-0.2, -0.15) is 17.0 Å². The Morgan fingerprint density at radius 1 is 1.54 bits per heavy atom. The largest absolute Gasteiger partial charge is 0.352 e. The van der Waals surface area contributed by atoms with Crippen LogP contribution in [0.2, 0.25) is 0 Å². The highest BCUT2D eigenvalue weighted by Crippen LogP contribution is 2.24. The summed E-state index contributed by atoms with van der Waals surface area (Å²) in [6, 6.07) is 6.45. The molecule has 1 aromatic carbocycles. The molecule has 0 spiro atoms. The number of hydrogen-bond donors (Lipinski definition) is 1. The topological polar surface area (TPSA) is 51.4 Å². The van der Waals surface area contributed by atoms with Gasteiger partial charge in [0, 0.05) is 43.2 Å². The number of aliphatic imine (C=N–C) groups is 1. The third kappa shape index (κ3) is 5.52. The SMILES string of the molecule is CN=C(NCc1cc(C#N)ccc1F)N1CCSC(C(C)C)C1.I. The van der Waals surface area contributed by atoms with E-state index in [4.69, 9.17) is 5.26 Å². The predicted molar refractivity (Wildman–Crippen MR) is 109 cm³/mol. The van der Waals surface area contributed by atoms with Gasteiger partial charge in [0.25, 0.3) is 0 Å². The zero-order valence-corrected chi connectivity index (χ0v) is 17.4. The summed E-state index contributed by atoms with van der Waals surface area (Å²) in [6.45, 7) is 6.68. The molecule has 1 aliphatic heterocycles. The van der Waals surface area contributed by atoms with Gasteiger partial charge in [-0.25, -0.2) is 4.39 Å². The number of thioether (sulfide) groups is 1. The third-order valence-corrected chi connectivity index (χ3v) is 5.50. The number of guanidine groups is 1. The van der Waals surface area contributed by atoms with Crippen molar-refractivity contribution in [3.8, 4) is 6.07 Å². The highest BCUT2D eigenvalue weighted by atomic mass is 127. The second-order valence-corrected chi connectivity index (χ2v) is 7.27. The molecular formula is C17H24FIN4S. The first-order valence-electron chi connectivity index (χ1n) is 7.81. The fraction of sp³-hybridized carbons (Fsp3) is 0.529. The van der Waals surface area contributed by atoms with Crippen LogP contribution < -0.4 is 5.32 Å². The quantitative estimate of drug-likeness (QED) is 0.425. The predicted octanol–water partition coefficient (Wildman–Crippen LogP) is 3.46. The molecule has 0 saturated carbocycles. The first-order chi connectivity index (χ1) is 11.0. The molecule has 1 saturated heterocycles. The Kier molecular flexibility index (Phi) is 8.84. The summed E-state index contributed by atoms with van der Waals surface area (Å²) in [7, 11) is 1.75. The number of nitrogens with one attached hydrogen (secondary N) is 1. The van der Waals surface area contributed by atoms with Crippen LogP contribution >= 0.6 is 35.7 Å². The summed E-state index contributed by atoms with van der Waals surface area (Å²) < 4.78 is 13.9. The highest BCUT2D eigenvalue weighted by Gasteiger charge is 2.24. The lowest BCUT2D eigenvalue weighted by atomic mass is 10.1. The average Bonchev–Trinajstić information content (AvgIpc) is 2.57. The fourth-order valence-electron chi connectivity index (χ4n) is 2.56. The summed E-state index contributed by atoms with van der Waals surface area (Å²) in [6.07, 6.45) is 0. The van der Waals surface area contributed by atoms with Gasteiger partial charge in [0.1, 0.15) is 5.82 Å². The van der Waals surface area contributed by atoms with E-state index in [1.54, 1.807) is 13.1 Å². The van der Waals surface area contributed by atoms with Crippen molar-refractivity contribution in [2.75, 3.05) is 25.9 Å². The van der Waals surface area contributed by atoms with E-state index < -0.39 is 0 Å². The molecule has 1 heterocycles. The van der Waals surface area contributed by atoms with Crippen molar-refractivity contribution < 1.29 is 4.39 Å². The lowest BCUT2D eigenvalue weighted by molar-refractivity contribution is 0.380. The summed E-state index contributed by atoms with van der Waals surface area (Å²) in [4.78, 5) is 6.56. The Balaban J connectivity index is 0.00000288. The Labute approximate surface area is 164 Å². The van der Waals surface area contributed by atoms with E-state index in [-0.39, 0.29) is 29.8 Å². The van der Waals surface area contributed by atoms with E-state index in [9.17, 15) is 4.39 Å². The maximum Gasteiger partial charge on any atom is 0.193 e. The van der Waals surface area contributed by atoms with Crippen molar-refractivity contribution in [3.05, 3.63) is 35.1 Å². The zero-order valence-electron chi connectivity index (χ0n) is 14.3. The van der Waals surface area contributed by atoms with Crippen molar-refractivity contribution in [2.24, 2.45) is 10.9 Å². The number of halogens is 2. The summed E-state index contributed by atoms with van der Waals surface area (Å²) in [5.74, 6) is 2.17. The Hall–Kier alpha value is -1.01. The van der Waals surface area contributed by atoms with Crippen molar-refractivity contribution >= 4 is 41.7 Å². The van der Waals surface area contributed by atoms with E-state index in [0.29, 0.717) is 28.8 Å². The monoisotopic (exact) mass is 462 g/mol. The summed E-state index contributed by atoms with van der Waals surface area (Å²) >= 11 is 2.00. The van der Waals surface area contributed by atoms with E-state index in [0.717, 1.165) is 24.8 Å². The number of nitriles is 1. The van der Waals surface area contributed by atoms with E-state index in [1.807, 2.05) is 17.8 Å². The van der Waals surface area contributed by atoms with Crippen molar-refractivity contribution in [1.29, 1.82) is 5.26 Å². The Morgan fingerprint density at radius 3 is 2.92 bits per heavy atom. The van der Waals surface area contributed by atoms with Gasteiger partial charge in [0.05, 0.1) is 11.6 Å². The van der Waals surface area contributed by atoms with Crippen LogP contribution in [0.5, 0.6) is 0 Å². The Morgan fingerprint density at radius 2 is 2.29 bits per heavy atom. The molecule has 1 aliphatic rings. The number of hydrogen-bond acceptors (Lipinski definition) is 3. The van der Waals surface area contributed by atoms with Gasteiger partial charge in [-0.15, -0.1) is 24.0 Å². The fourth-order valence-corrected chi connectivity index (χ4v) is 3.86. The number of nitrogens with zero attached hydrogens (tertiary/aromatic N) is 3. The van der Waals surface area contributed by atoms with Crippen LogP contribution in [0, 0.1) is 23.1 Å². The lowest BCUT2D eigenvalue weighted by Crippen LogP contribution is -2.48. The van der Waals surface area contributed by atoms with Crippen LogP contribution in [0.4, 0.5) is 4.39 Å². The minimum atomic E-state index is -0.304. The molecule has 0 radical (unpaired) electrons. The maximum atomic E-state index is 13.9. The van der Waals surface area contributed by atoms with Gasteiger partial charge in [-0.1, -0.05) is 13.8 Å². The average molecular weight is 462 g/mol.